The van der Waals surface area contributed by atoms with Crippen molar-refractivity contribution in [1.82, 2.24) is 9.97 Å². The zero-order chi connectivity index (χ0) is 11.5. The smallest absolute Gasteiger partial charge is 0.225 e. The molecule has 4 nitrogen and oxygen atoms in total. The summed E-state index contributed by atoms with van der Waals surface area (Å²) in [7, 11) is 1.98. The first-order valence-corrected chi connectivity index (χ1v) is 5.84. The SMILES string of the molecule is Cc1cnc(N(C)CC2CCCC2O)nc1. The van der Waals surface area contributed by atoms with Gasteiger partial charge in [-0.05, 0) is 25.3 Å². The van der Waals surface area contributed by atoms with E-state index in [0.29, 0.717) is 5.92 Å². The lowest BCUT2D eigenvalue weighted by Crippen LogP contribution is -2.30. The van der Waals surface area contributed by atoms with E-state index < -0.39 is 0 Å². The van der Waals surface area contributed by atoms with E-state index in [1.807, 2.05) is 31.3 Å². The Morgan fingerprint density at radius 1 is 1.38 bits per heavy atom. The monoisotopic (exact) mass is 221 g/mol. The first-order chi connectivity index (χ1) is 7.66. The number of aliphatic hydroxyl groups excluding tert-OH is 1. The fourth-order valence-corrected chi connectivity index (χ4v) is 2.25. The van der Waals surface area contributed by atoms with Crippen molar-refractivity contribution in [2.24, 2.45) is 5.92 Å². The Morgan fingerprint density at radius 3 is 2.62 bits per heavy atom. The highest BCUT2D eigenvalue weighted by Crippen LogP contribution is 2.26. The second kappa shape index (κ2) is 4.78. The normalized spacial score (nSPS) is 24.7. The highest BCUT2D eigenvalue weighted by atomic mass is 16.3. The first kappa shape index (κ1) is 11.3. The van der Waals surface area contributed by atoms with Crippen molar-refractivity contribution in [1.29, 1.82) is 0 Å². The molecule has 0 aliphatic heterocycles. The van der Waals surface area contributed by atoms with Crippen LogP contribution < -0.4 is 4.90 Å². The van der Waals surface area contributed by atoms with Crippen molar-refractivity contribution >= 4 is 5.95 Å². The number of hydrogen-bond acceptors (Lipinski definition) is 4. The van der Waals surface area contributed by atoms with Gasteiger partial charge in [-0.15, -0.1) is 0 Å². The van der Waals surface area contributed by atoms with E-state index in [4.69, 9.17) is 0 Å². The molecule has 1 aromatic rings. The number of rotatable bonds is 3. The summed E-state index contributed by atoms with van der Waals surface area (Å²) >= 11 is 0. The maximum absolute atomic E-state index is 9.76. The third-order valence-electron chi connectivity index (χ3n) is 3.24. The number of aryl methyl sites for hydroxylation is 1. The molecule has 16 heavy (non-hydrogen) atoms. The van der Waals surface area contributed by atoms with Crippen molar-refractivity contribution in [3.63, 3.8) is 0 Å². The molecule has 0 aromatic carbocycles. The van der Waals surface area contributed by atoms with Crippen LogP contribution in [0.2, 0.25) is 0 Å². The standard InChI is InChI=1S/C12H19N3O/c1-9-6-13-12(14-7-9)15(2)8-10-4-3-5-11(10)16/h6-7,10-11,16H,3-5,8H2,1-2H3. The summed E-state index contributed by atoms with van der Waals surface area (Å²) in [5.41, 5.74) is 1.07. The van der Waals surface area contributed by atoms with Crippen LogP contribution in [0.25, 0.3) is 0 Å². The van der Waals surface area contributed by atoms with Crippen molar-refractivity contribution in [3.8, 4) is 0 Å². The summed E-state index contributed by atoms with van der Waals surface area (Å²) in [5.74, 6) is 1.11. The fourth-order valence-electron chi connectivity index (χ4n) is 2.25. The maximum atomic E-state index is 9.76. The molecule has 1 fully saturated rings. The Bertz CT molecular complexity index is 339. The molecule has 0 radical (unpaired) electrons. The molecule has 1 aromatic heterocycles. The third-order valence-corrected chi connectivity index (χ3v) is 3.24. The molecule has 0 amide bonds. The van der Waals surface area contributed by atoms with Gasteiger partial charge in [0.15, 0.2) is 0 Å². The molecule has 2 unspecified atom stereocenters. The topological polar surface area (TPSA) is 49.2 Å². The van der Waals surface area contributed by atoms with Crippen molar-refractivity contribution in [2.75, 3.05) is 18.5 Å². The molecule has 1 aliphatic carbocycles. The third kappa shape index (κ3) is 2.50. The maximum Gasteiger partial charge on any atom is 0.225 e. The van der Waals surface area contributed by atoms with E-state index in [1.54, 1.807) is 0 Å². The highest BCUT2D eigenvalue weighted by Gasteiger charge is 2.26. The Kier molecular flexibility index (Phi) is 3.39. The van der Waals surface area contributed by atoms with Crippen molar-refractivity contribution in [3.05, 3.63) is 18.0 Å². The summed E-state index contributed by atoms with van der Waals surface area (Å²) < 4.78 is 0. The number of hydrogen-bond donors (Lipinski definition) is 1. The molecule has 2 atom stereocenters. The predicted molar refractivity (Wildman–Crippen MR) is 63.4 cm³/mol. The Balaban J connectivity index is 1.97. The van der Waals surface area contributed by atoms with E-state index in [2.05, 4.69) is 9.97 Å². The zero-order valence-corrected chi connectivity index (χ0v) is 9.93. The van der Waals surface area contributed by atoms with Crippen LogP contribution in [0, 0.1) is 12.8 Å². The van der Waals surface area contributed by atoms with E-state index in [-0.39, 0.29) is 6.10 Å². The van der Waals surface area contributed by atoms with Gasteiger partial charge in [0.05, 0.1) is 6.10 Å². The molecule has 1 saturated carbocycles. The number of aliphatic hydroxyl groups is 1. The first-order valence-electron chi connectivity index (χ1n) is 5.84. The summed E-state index contributed by atoms with van der Waals surface area (Å²) in [6.45, 7) is 2.81. The Hall–Kier alpha value is -1.16. The minimum atomic E-state index is -0.145. The van der Waals surface area contributed by atoms with Crippen LogP contribution in [0.5, 0.6) is 0 Å². The summed E-state index contributed by atoms with van der Waals surface area (Å²) in [4.78, 5) is 10.6. The molecule has 1 aliphatic rings. The van der Waals surface area contributed by atoms with Crippen LogP contribution >= 0.6 is 0 Å². The van der Waals surface area contributed by atoms with Crippen LogP contribution in [-0.2, 0) is 0 Å². The molecule has 0 saturated heterocycles. The summed E-state index contributed by atoms with van der Waals surface area (Å²) in [6.07, 6.45) is 6.68. The summed E-state index contributed by atoms with van der Waals surface area (Å²) in [6, 6.07) is 0. The lowest BCUT2D eigenvalue weighted by atomic mass is 10.1. The zero-order valence-electron chi connectivity index (χ0n) is 9.93. The number of nitrogens with zero attached hydrogens (tertiary/aromatic N) is 3. The quantitative estimate of drug-likeness (QED) is 0.837. The van der Waals surface area contributed by atoms with Crippen LogP contribution in [0.4, 0.5) is 5.95 Å². The van der Waals surface area contributed by atoms with Gasteiger partial charge in [0, 0.05) is 31.9 Å². The largest absolute Gasteiger partial charge is 0.393 e. The van der Waals surface area contributed by atoms with E-state index >= 15 is 0 Å². The van der Waals surface area contributed by atoms with E-state index in [9.17, 15) is 5.11 Å². The molecule has 0 bridgehead atoms. The van der Waals surface area contributed by atoms with Gasteiger partial charge in [-0.2, -0.15) is 0 Å². The molecule has 88 valence electrons. The average molecular weight is 221 g/mol. The van der Waals surface area contributed by atoms with Crippen LogP contribution in [0.1, 0.15) is 24.8 Å². The van der Waals surface area contributed by atoms with Gasteiger partial charge < -0.3 is 10.0 Å². The van der Waals surface area contributed by atoms with Gasteiger partial charge in [0.2, 0.25) is 5.95 Å². The van der Waals surface area contributed by atoms with Gasteiger partial charge >= 0.3 is 0 Å². The Morgan fingerprint density at radius 2 is 2.06 bits per heavy atom. The lowest BCUT2D eigenvalue weighted by molar-refractivity contribution is 0.135. The van der Waals surface area contributed by atoms with Gasteiger partial charge in [-0.1, -0.05) is 6.42 Å². The Labute approximate surface area is 96.3 Å². The van der Waals surface area contributed by atoms with Crippen LogP contribution in [-0.4, -0.2) is 34.8 Å². The second-order valence-corrected chi connectivity index (χ2v) is 4.70. The minimum absolute atomic E-state index is 0.145. The highest BCUT2D eigenvalue weighted by molar-refractivity contribution is 5.28. The molecule has 4 heteroatoms. The van der Waals surface area contributed by atoms with Crippen molar-refractivity contribution in [2.45, 2.75) is 32.3 Å². The van der Waals surface area contributed by atoms with E-state index in [0.717, 1.165) is 37.3 Å². The molecule has 2 rings (SSSR count). The van der Waals surface area contributed by atoms with Gasteiger partial charge in [0.25, 0.3) is 0 Å². The molecular formula is C12H19N3O. The fraction of sp³-hybridized carbons (Fsp3) is 0.667. The van der Waals surface area contributed by atoms with E-state index in [1.165, 1.54) is 0 Å². The van der Waals surface area contributed by atoms with Crippen LogP contribution in [0.15, 0.2) is 12.4 Å². The van der Waals surface area contributed by atoms with Gasteiger partial charge in [-0.25, -0.2) is 9.97 Å². The average Bonchev–Trinajstić information content (AvgIpc) is 2.65. The lowest BCUT2D eigenvalue weighted by Gasteiger charge is -2.23. The molecule has 0 spiro atoms. The molecule has 1 N–H and O–H groups in total. The van der Waals surface area contributed by atoms with Gasteiger partial charge in [0.1, 0.15) is 0 Å². The predicted octanol–water partition coefficient (Wildman–Crippen LogP) is 1.38. The minimum Gasteiger partial charge on any atom is -0.393 e. The van der Waals surface area contributed by atoms with Crippen molar-refractivity contribution < 1.29 is 5.11 Å². The summed E-state index contributed by atoms with van der Waals surface area (Å²) in [5, 5.41) is 9.76. The number of anilines is 1. The van der Waals surface area contributed by atoms with Gasteiger partial charge in [-0.3, -0.25) is 0 Å². The molecular weight excluding hydrogens is 202 g/mol. The number of aromatic nitrogens is 2. The molecule has 1 heterocycles. The second-order valence-electron chi connectivity index (χ2n) is 4.70. The van der Waals surface area contributed by atoms with Crippen LogP contribution in [0.3, 0.4) is 0 Å².